The van der Waals surface area contributed by atoms with Crippen molar-refractivity contribution in [3.8, 4) is 0 Å². The van der Waals surface area contributed by atoms with Crippen LogP contribution in [-0.2, 0) is 51.0 Å². The second-order valence-corrected chi connectivity index (χ2v) is 17.2. The zero-order valence-electron chi connectivity index (χ0n) is 35.8. The lowest BCUT2D eigenvalue weighted by molar-refractivity contribution is 0.0730. The van der Waals surface area contributed by atoms with Gasteiger partial charge in [-0.15, -0.1) is 0 Å². The van der Waals surface area contributed by atoms with Crippen molar-refractivity contribution in [2.24, 2.45) is 11.5 Å². The first kappa shape index (κ1) is 41.5. The molecule has 0 bridgehead atoms. The largest absolute Gasteiger partial charge is 0.384 e. The first-order chi connectivity index (χ1) is 30.8. The van der Waals surface area contributed by atoms with Crippen molar-refractivity contribution < 1.29 is 4.79 Å². The quantitative estimate of drug-likeness (QED) is 0.0703. The number of piperidine rings is 1. The summed E-state index contributed by atoms with van der Waals surface area (Å²) in [5, 5.41) is 10.2. The zero-order valence-corrected chi connectivity index (χ0v) is 35.8. The van der Waals surface area contributed by atoms with E-state index < -0.39 is 0 Å². The molecule has 0 unspecified atom stereocenters. The Morgan fingerprint density at radius 2 is 1.25 bits per heavy atom. The number of nitrogen functional groups attached to an aromatic ring is 1. The molecule has 8 aromatic rings. The first-order valence-corrected chi connectivity index (χ1v) is 22.1. The Labute approximate surface area is 370 Å². The summed E-state index contributed by atoms with van der Waals surface area (Å²) in [6.45, 7) is 5.11. The second kappa shape index (κ2) is 18.6. The van der Waals surface area contributed by atoms with Gasteiger partial charge in [-0.2, -0.15) is 0 Å². The van der Waals surface area contributed by atoms with Crippen molar-refractivity contribution in [2.75, 3.05) is 13.1 Å². The second-order valence-electron chi connectivity index (χ2n) is 17.2. The van der Waals surface area contributed by atoms with Gasteiger partial charge >= 0.3 is 0 Å². The molecular weight excluding hydrogens is 775 g/mol. The molecule has 0 spiro atoms. The van der Waals surface area contributed by atoms with E-state index in [4.69, 9.17) is 21.9 Å². The maximum atomic E-state index is 14.8. The van der Waals surface area contributed by atoms with Crippen LogP contribution in [0.15, 0.2) is 170 Å². The fourth-order valence-corrected chi connectivity index (χ4v) is 9.34. The molecule has 7 aromatic carbocycles. The predicted molar refractivity (Wildman–Crippen MR) is 256 cm³/mol. The smallest absolute Gasteiger partial charge is 0.254 e. The summed E-state index contributed by atoms with van der Waals surface area (Å²) in [5.41, 5.74) is 21.8. The van der Waals surface area contributed by atoms with Gasteiger partial charge in [-0.1, -0.05) is 146 Å². The van der Waals surface area contributed by atoms with Gasteiger partial charge < -0.3 is 20.9 Å². The number of amidine groups is 1. The molecule has 316 valence electrons. The highest BCUT2D eigenvalue weighted by Gasteiger charge is 2.37. The fraction of sp³-hybridized carbons (Fsp3) is 0.218. The van der Waals surface area contributed by atoms with Crippen LogP contribution in [0.1, 0.15) is 68.0 Å². The number of aromatic nitrogens is 2. The van der Waals surface area contributed by atoms with Crippen molar-refractivity contribution in [1.82, 2.24) is 19.4 Å². The van der Waals surface area contributed by atoms with Gasteiger partial charge in [0.1, 0.15) is 11.7 Å². The van der Waals surface area contributed by atoms with Crippen LogP contribution in [-0.4, -0.2) is 44.2 Å². The monoisotopic (exact) mass is 829 g/mol. The molecule has 0 aliphatic carbocycles. The van der Waals surface area contributed by atoms with E-state index in [1.807, 2.05) is 41.3 Å². The van der Waals surface area contributed by atoms with Crippen molar-refractivity contribution in [2.45, 2.75) is 63.8 Å². The Balaban J connectivity index is 1.06. The summed E-state index contributed by atoms with van der Waals surface area (Å²) in [5.74, 6) is 1.02. The van der Waals surface area contributed by atoms with Crippen LogP contribution in [0.4, 0.5) is 0 Å². The highest BCUT2D eigenvalue weighted by atomic mass is 16.2. The molecule has 8 nitrogen and oxygen atoms in total. The third kappa shape index (κ3) is 9.48. The first-order valence-electron chi connectivity index (χ1n) is 22.1. The number of aryl methyl sites for hydroxylation is 2. The Bertz CT molecular complexity index is 2830. The number of hydrogen-bond acceptors (Lipinski definition) is 5. The number of hydrogen-bond donors (Lipinski definition) is 3. The Hall–Kier alpha value is -6.87. The van der Waals surface area contributed by atoms with Gasteiger partial charge in [-0.05, 0) is 101 Å². The van der Waals surface area contributed by atoms with Crippen molar-refractivity contribution in [3.05, 3.63) is 220 Å². The number of nitrogens with one attached hydrogen (secondary N) is 1. The SMILES string of the molecule is N=C(N)c1ccc(CCc2nc3cc(C(=O)N(Cc4ccc(CN)cc4)Cc4ccc5ccccc5c4)ccc3n2CC2(c3ccccc3)CCN(Cc3ccccc3)CC2)cc1. The van der Waals surface area contributed by atoms with E-state index in [0.717, 1.165) is 96.4 Å². The standard InChI is InChI=1S/C55H55N7O/c56-35-41-15-17-43(18-16-41)37-61(38-44-21-23-45-11-7-8-12-47(45)33-44)54(63)48-26-27-51-50(34-48)59-52(28-22-40-19-24-46(25-20-40)53(57)58)62(51)39-55(49-13-5-2-6-14-49)29-31-60(32-30-55)36-42-9-3-1-4-10-42/h1-21,23-27,33-34H,22,28-32,35-39,56H2,(H3,57,58). The van der Waals surface area contributed by atoms with Crippen LogP contribution in [0.3, 0.4) is 0 Å². The number of imidazole rings is 1. The van der Waals surface area contributed by atoms with Crippen LogP contribution in [0.2, 0.25) is 0 Å². The number of benzene rings is 7. The number of likely N-dealkylation sites (tertiary alicyclic amines) is 1. The van der Waals surface area contributed by atoms with Gasteiger partial charge in [0.2, 0.25) is 0 Å². The van der Waals surface area contributed by atoms with Crippen LogP contribution in [0.25, 0.3) is 21.8 Å². The minimum Gasteiger partial charge on any atom is -0.384 e. The van der Waals surface area contributed by atoms with Gasteiger partial charge in [-0.3, -0.25) is 15.1 Å². The summed E-state index contributed by atoms with van der Waals surface area (Å²) in [7, 11) is 0. The van der Waals surface area contributed by atoms with Gasteiger partial charge in [0.15, 0.2) is 0 Å². The van der Waals surface area contributed by atoms with Crippen molar-refractivity contribution in [1.29, 1.82) is 5.41 Å². The van der Waals surface area contributed by atoms with Crippen molar-refractivity contribution >= 4 is 33.5 Å². The van der Waals surface area contributed by atoms with E-state index >= 15 is 0 Å². The number of carbonyl (C=O) groups is 1. The van der Waals surface area contributed by atoms with E-state index in [1.165, 1.54) is 16.5 Å². The number of nitrogens with two attached hydrogens (primary N) is 2. The molecule has 5 N–H and O–H groups in total. The molecule has 1 saturated heterocycles. The lowest BCUT2D eigenvalue weighted by Gasteiger charge is -2.43. The van der Waals surface area contributed by atoms with Crippen molar-refractivity contribution in [3.63, 3.8) is 0 Å². The molecule has 0 atom stereocenters. The van der Waals surface area contributed by atoms with E-state index in [9.17, 15) is 4.79 Å². The minimum atomic E-state index is -0.107. The van der Waals surface area contributed by atoms with Gasteiger partial charge in [0.25, 0.3) is 5.91 Å². The van der Waals surface area contributed by atoms with E-state index in [1.54, 1.807) is 0 Å². The lowest BCUT2D eigenvalue weighted by Crippen LogP contribution is -2.44. The molecule has 63 heavy (non-hydrogen) atoms. The zero-order chi connectivity index (χ0) is 43.2. The van der Waals surface area contributed by atoms with Gasteiger partial charge in [-0.25, -0.2) is 4.98 Å². The van der Waals surface area contributed by atoms with E-state index in [0.29, 0.717) is 30.8 Å². The topological polar surface area (TPSA) is 117 Å². The highest BCUT2D eigenvalue weighted by Crippen LogP contribution is 2.39. The number of nitrogens with zero attached hydrogens (tertiary/aromatic N) is 4. The summed E-state index contributed by atoms with van der Waals surface area (Å²) in [4.78, 5) is 24.7. The molecule has 1 fully saturated rings. The fourth-order valence-electron chi connectivity index (χ4n) is 9.34. The lowest BCUT2D eigenvalue weighted by atomic mass is 9.72. The third-order valence-electron chi connectivity index (χ3n) is 13.0. The number of amides is 1. The third-order valence-corrected chi connectivity index (χ3v) is 13.0. The molecule has 1 amide bonds. The number of rotatable bonds is 15. The van der Waals surface area contributed by atoms with Gasteiger partial charge in [0.05, 0.1) is 11.0 Å². The Kier molecular flexibility index (Phi) is 12.3. The van der Waals surface area contributed by atoms with Crippen LogP contribution in [0, 0.1) is 5.41 Å². The molecule has 8 heteroatoms. The Morgan fingerprint density at radius 1 is 0.635 bits per heavy atom. The summed E-state index contributed by atoms with van der Waals surface area (Å²) in [6, 6.07) is 58.9. The van der Waals surface area contributed by atoms with E-state index in [2.05, 4.69) is 143 Å². The highest BCUT2D eigenvalue weighted by molar-refractivity contribution is 5.97. The average molecular weight is 830 g/mol. The van der Waals surface area contributed by atoms with Gasteiger partial charge in [0, 0.05) is 55.7 Å². The molecular formula is C55H55N7O. The minimum absolute atomic E-state index is 0.0406. The molecule has 0 saturated carbocycles. The Morgan fingerprint density at radius 3 is 1.97 bits per heavy atom. The van der Waals surface area contributed by atoms with Crippen LogP contribution in [0.5, 0.6) is 0 Å². The summed E-state index contributed by atoms with van der Waals surface area (Å²) < 4.78 is 2.44. The van der Waals surface area contributed by atoms with Crippen LogP contribution < -0.4 is 11.5 Å². The average Bonchev–Trinajstić information content (AvgIpc) is 3.67. The molecule has 1 aromatic heterocycles. The number of carbonyl (C=O) groups excluding carboxylic acids is 1. The maximum Gasteiger partial charge on any atom is 0.254 e. The molecule has 0 radical (unpaired) electrons. The normalized spacial score (nSPS) is 13.9. The molecule has 9 rings (SSSR count). The predicted octanol–water partition coefficient (Wildman–Crippen LogP) is 9.79. The van der Waals surface area contributed by atoms with E-state index in [-0.39, 0.29) is 17.2 Å². The molecule has 1 aliphatic rings. The maximum absolute atomic E-state index is 14.8. The van der Waals surface area contributed by atoms with Crippen LogP contribution >= 0.6 is 0 Å². The molecule has 2 heterocycles. The number of fused-ring (bicyclic) bond motifs is 2. The summed E-state index contributed by atoms with van der Waals surface area (Å²) >= 11 is 0. The molecule has 1 aliphatic heterocycles. The summed E-state index contributed by atoms with van der Waals surface area (Å²) in [6.07, 6.45) is 3.53.